The van der Waals surface area contributed by atoms with Gasteiger partial charge < -0.3 is 5.11 Å². The van der Waals surface area contributed by atoms with Gasteiger partial charge in [0.05, 0.1) is 5.56 Å². The number of carbonyl (C=O) groups is 1. The average Bonchev–Trinajstić information content (AvgIpc) is 2.19. The Morgan fingerprint density at radius 2 is 1.71 bits per heavy atom. The molecule has 0 saturated carbocycles. The molecule has 14 heavy (non-hydrogen) atoms. The Hall–Kier alpha value is -0.511. The Kier molecular flexibility index (Phi) is 7.57. The maximum atomic E-state index is 10.4. The van der Waals surface area contributed by atoms with Gasteiger partial charge in [-0.3, -0.25) is 0 Å². The van der Waals surface area contributed by atoms with Crippen molar-refractivity contribution in [2.75, 3.05) is 0 Å². The Morgan fingerprint density at radius 1 is 1.29 bits per heavy atom. The quantitative estimate of drug-likeness (QED) is 0.853. The predicted octanol–water partition coefficient (Wildman–Crippen LogP) is 2.73. The van der Waals surface area contributed by atoms with Crippen LogP contribution < -0.4 is 0 Å². The van der Waals surface area contributed by atoms with E-state index in [4.69, 9.17) is 5.11 Å². The summed E-state index contributed by atoms with van der Waals surface area (Å²) in [6.07, 6.45) is 0.944. The van der Waals surface area contributed by atoms with E-state index in [0.29, 0.717) is 5.56 Å². The fraction of sp³-hybridized carbons (Fsp3) is 0.364. The number of carboxylic acid groups (broad SMARTS) is 1. The predicted molar refractivity (Wildman–Crippen MR) is 60.3 cm³/mol. The van der Waals surface area contributed by atoms with Crippen molar-refractivity contribution in [2.45, 2.75) is 23.2 Å². The molecule has 0 aliphatic heterocycles. The monoisotopic (exact) mass is 300 g/mol. The Balaban J connectivity index is 0.000000500. The Labute approximate surface area is 95.6 Å². The fourth-order valence-corrected chi connectivity index (χ4v) is 0.883. The number of rotatable bonds is 2. The molecule has 2 nitrogen and oxygen atoms in total. The first kappa shape index (κ1) is 13.5. The fourth-order valence-electron chi connectivity index (χ4n) is 0.883. The van der Waals surface area contributed by atoms with E-state index in [-0.39, 0.29) is 21.1 Å². The molecule has 0 bridgehead atoms. The topological polar surface area (TPSA) is 37.3 Å². The number of benzene rings is 1. The number of aromatic carboxylic acids is 1. The molecule has 0 atom stereocenters. The summed E-state index contributed by atoms with van der Waals surface area (Å²) in [5, 5.41) is 8.55. The molecule has 0 aromatic heterocycles. The van der Waals surface area contributed by atoms with Crippen molar-refractivity contribution in [1.82, 2.24) is 0 Å². The van der Waals surface area contributed by atoms with Crippen LogP contribution in [0.4, 0.5) is 0 Å². The Morgan fingerprint density at radius 3 is 2.00 bits per heavy atom. The van der Waals surface area contributed by atoms with E-state index in [1.54, 1.807) is 12.1 Å². The molecule has 76 valence electrons. The van der Waals surface area contributed by atoms with Crippen LogP contribution in [0.5, 0.6) is 0 Å². The van der Waals surface area contributed by atoms with E-state index in [2.05, 4.69) is 9.88 Å². The molecule has 1 rings (SSSR count). The van der Waals surface area contributed by atoms with Crippen LogP contribution in [0.25, 0.3) is 0 Å². The van der Waals surface area contributed by atoms with Crippen LogP contribution in [-0.2, 0) is 6.42 Å². The molecular formula is C11H16O2Sn. The van der Waals surface area contributed by atoms with Gasteiger partial charge in [0.25, 0.3) is 0 Å². The minimum absolute atomic E-state index is 0.230. The van der Waals surface area contributed by atoms with Gasteiger partial charge in [-0.1, -0.05) is 19.1 Å². The minimum atomic E-state index is -0.868. The molecule has 1 N–H and O–H groups in total. The van der Waals surface area contributed by atoms with Crippen molar-refractivity contribution >= 4 is 27.1 Å². The van der Waals surface area contributed by atoms with Crippen LogP contribution in [0.3, 0.4) is 0 Å². The normalized spacial score (nSPS) is 8.79. The van der Waals surface area contributed by atoms with Crippen LogP contribution in [0.2, 0.25) is 9.88 Å². The summed E-state index contributed by atoms with van der Waals surface area (Å²) in [5.41, 5.74) is 1.51. The summed E-state index contributed by atoms with van der Waals surface area (Å²) in [6.45, 7) is 2.04. The second-order valence-corrected chi connectivity index (χ2v) is 5.71. The zero-order valence-electron chi connectivity index (χ0n) is 8.87. The number of hydrogen-bond donors (Lipinski definition) is 1. The molecule has 1 aromatic rings. The van der Waals surface area contributed by atoms with Gasteiger partial charge in [-0.25, -0.2) is 4.79 Å². The van der Waals surface area contributed by atoms with Crippen LogP contribution in [-0.4, -0.2) is 32.2 Å². The summed E-state index contributed by atoms with van der Waals surface area (Å²) < 4.78 is 0. The molecule has 2 radical (unpaired) electrons. The van der Waals surface area contributed by atoms with E-state index in [1.807, 2.05) is 19.1 Å². The Bertz CT molecular complexity index is 267. The third-order valence-corrected chi connectivity index (χ3v) is 1.61. The standard InChI is InChI=1S/C9H10O2.2CH3.Sn/c1-2-7-3-5-8(6-4-7)9(10)11;;;/h3-6H,2H2,1H3,(H,10,11);2*1H3;. The van der Waals surface area contributed by atoms with Gasteiger partial charge in [0.2, 0.25) is 0 Å². The number of hydrogen-bond acceptors (Lipinski definition) is 1. The van der Waals surface area contributed by atoms with Crippen molar-refractivity contribution in [3.8, 4) is 0 Å². The zero-order valence-corrected chi connectivity index (χ0v) is 11.7. The molecule has 0 aliphatic carbocycles. The summed E-state index contributed by atoms with van der Waals surface area (Å²) in [7, 11) is 0. The molecule has 0 aliphatic rings. The zero-order chi connectivity index (χ0) is 11.0. The first-order valence-electron chi connectivity index (χ1n) is 4.56. The summed E-state index contributed by atoms with van der Waals surface area (Å²) >= 11 is 0.230. The van der Waals surface area contributed by atoms with Gasteiger partial charge in [-0.05, 0) is 24.1 Å². The van der Waals surface area contributed by atoms with Crippen molar-refractivity contribution < 1.29 is 9.90 Å². The third kappa shape index (κ3) is 5.27. The van der Waals surface area contributed by atoms with Crippen molar-refractivity contribution in [3.63, 3.8) is 0 Å². The van der Waals surface area contributed by atoms with Gasteiger partial charge in [0.15, 0.2) is 0 Å². The van der Waals surface area contributed by atoms with E-state index in [9.17, 15) is 4.79 Å². The van der Waals surface area contributed by atoms with Gasteiger partial charge in [0, 0.05) is 0 Å². The second-order valence-electron chi connectivity index (χ2n) is 2.86. The SMILES string of the molecule is CCc1ccc(C(=O)O)cc1.[CH3][Sn][CH3]. The van der Waals surface area contributed by atoms with E-state index >= 15 is 0 Å². The van der Waals surface area contributed by atoms with Gasteiger partial charge >= 0.3 is 37.0 Å². The molecule has 0 heterocycles. The van der Waals surface area contributed by atoms with Crippen molar-refractivity contribution in [1.29, 1.82) is 0 Å². The van der Waals surface area contributed by atoms with Crippen molar-refractivity contribution in [2.24, 2.45) is 0 Å². The van der Waals surface area contributed by atoms with E-state index < -0.39 is 5.97 Å². The van der Waals surface area contributed by atoms with Crippen LogP contribution in [0.15, 0.2) is 24.3 Å². The first-order chi connectivity index (χ1) is 6.65. The van der Waals surface area contributed by atoms with Gasteiger partial charge in [-0.2, -0.15) is 0 Å². The van der Waals surface area contributed by atoms with Crippen LogP contribution in [0, 0.1) is 0 Å². The third-order valence-electron chi connectivity index (χ3n) is 1.61. The number of aryl methyl sites for hydroxylation is 1. The molecule has 0 saturated heterocycles. The summed E-state index contributed by atoms with van der Waals surface area (Å²) in [5.74, 6) is -0.868. The molecule has 0 fully saturated rings. The molecule has 0 spiro atoms. The van der Waals surface area contributed by atoms with Gasteiger partial charge in [-0.15, -0.1) is 0 Å². The van der Waals surface area contributed by atoms with Gasteiger partial charge in [0.1, 0.15) is 0 Å². The number of carboxylic acids is 1. The molecule has 1 aromatic carbocycles. The molecule has 0 amide bonds. The van der Waals surface area contributed by atoms with Crippen LogP contribution in [0.1, 0.15) is 22.8 Å². The molecule has 3 heteroatoms. The summed E-state index contributed by atoms with van der Waals surface area (Å²) in [6, 6.07) is 6.93. The average molecular weight is 299 g/mol. The first-order valence-corrected chi connectivity index (χ1v) is 10.3. The van der Waals surface area contributed by atoms with Crippen LogP contribution >= 0.6 is 0 Å². The maximum absolute atomic E-state index is 10.4. The van der Waals surface area contributed by atoms with E-state index in [0.717, 1.165) is 12.0 Å². The summed E-state index contributed by atoms with van der Waals surface area (Å²) in [4.78, 5) is 15.0. The van der Waals surface area contributed by atoms with Crippen molar-refractivity contribution in [3.05, 3.63) is 35.4 Å². The molecule has 0 unspecified atom stereocenters. The molecular weight excluding hydrogens is 283 g/mol. The van der Waals surface area contributed by atoms with E-state index in [1.165, 1.54) is 0 Å². The second kappa shape index (κ2) is 7.85.